The van der Waals surface area contributed by atoms with Crippen LogP contribution in [0.5, 0.6) is 0 Å². The number of rotatable bonds is 1. The highest BCUT2D eigenvalue weighted by Crippen LogP contribution is 2.27. The van der Waals surface area contributed by atoms with Crippen molar-refractivity contribution in [1.82, 2.24) is 5.32 Å². The van der Waals surface area contributed by atoms with Crippen LogP contribution < -0.4 is 5.32 Å². The van der Waals surface area contributed by atoms with Gasteiger partial charge in [0.15, 0.2) is 0 Å². The molecule has 3 nitrogen and oxygen atoms in total. The second-order valence-corrected chi connectivity index (χ2v) is 3.14. The fourth-order valence-electron chi connectivity index (χ4n) is 1.03. The molecule has 0 spiro atoms. The molecule has 52 valence electrons. The molecule has 1 fully saturated rings. The van der Waals surface area contributed by atoms with Crippen molar-refractivity contribution in [3.05, 3.63) is 0 Å². The Morgan fingerprint density at radius 1 is 1.78 bits per heavy atom. The van der Waals surface area contributed by atoms with Crippen molar-refractivity contribution in [2.75, 3.05) is 6.54 Å². The van der Waals surface area contributed by atoms with Gasteiger partial charge in [-0.3, -0.25) is 4.79 Å². The molecule has 0 aromatic rings. The van der Waals surface area contributed by atoms with E-state index in [2.05, 4.69) is 5.32 Å². The molecule has 0 radical (unpaired) electrons. The molecule has 1 aliphatic rings. The molecular weight excluding hydrogens is 118 g/mol. The van der Waals surface area contributed by atoms with Crippen molar-refractivity contribution in [1.29, 1.82) is 0 Å². The lowest BCUT2D eigenvalue weighted by atomic mass is 9.77. The lowest BCUT2D eigenvalue weighted by Crippen LogP contribution is -2.63. The second-order valence-electron chi connectivity index (χ2n) is 3.14. The Hall–Kier alpha value is -0.570. The molecule has 0 amide bonds. The topological polar surface area (TPSA) is 49.3 Å². The van der Waals surface area contributed by atoms with Gasteiger partial charge >= 0.3 is 5.97 Å². The molecule has 9 heavy (non-hydrogen) atoms. The van der Waals surface area contributed by atoms with Crippen LogP contribution >= 0.6 is 0 Å². The first kappa shape index (κ1) is 6.55. The molecule has 0 unspecified atom stereocenters. The minimum atomic E-state index is -0.744. The van der Waals surface area contributed by atoms with Crippen molar-refractivity contribution in [3.63, 3.8) is 0 Å². The van der Waals surface area contributed by atoms with Gasteiger partial charge in [0.25, 0.3) is 0 Å². The standard InChI is InChI=1S/C6H11NO2/c1-6(2)3-7-4(6)5(8)9/h4,7H,3H2,1-2H3,(H,8,9)/t4-/m0/s1. The summed E-state index contributed by atoms with van der Waals surface area (Å²) in [6.45, 7) is 4.70. The maximum absolute atomic E-state index is 10.3. The van der Waals surface area contributed by atoms with E-state index in [1.807, 2.05) is 13.8 Å². The molecular formula is C6H11NO2. The van der Waals surface area contributed by atoms with Crippen molar-refractivity contribution in [3.8, 4) is 0 Å². The highest BCUT2D eigenvalue weighted by atomic mass is 16.4. The van der Waals surface area contributed by atoms with E-state index in [9.17, 15) is 4.79 Å². The Bertz CT molecular complexity index is 142. The fraction of sp³-hybridized carbons (Fsp3) is 0.833. The summed E-state index contributed by atoms with van der Waals surface area (Å²) in [6.07, 6.45) is 0. The Kier molecular flexibility index (Phi) is 1.24. The molecule has 0 aromatic carbocycles. The average Bonchev–Trinajstić information content (AvgIpc) is 1.62. The summed E-state index contributed by atoms with van der Waals surface area (Å²) in [5.74, 6) is -0.744. The van der Waals surface area contributed by atoms with Gasteiger partial charge in [-0.15, -0.1) is 0 Å². The lowest BCUT2D eigenvalue weighted by molar-refractivity contribution is -0.146. The van der Waals surface area contributed by atoms with Gasteiger partial charge in [0.05, 0.1) is 0 Å². The normalized spacial score (nSPS) is 31.1. The smallest absolute Gasteiger partial charge is 0.321 e. The van der Waals surface area contributed by atoms with E-state index in [1.54, 1.807) is 0 Å². The molecule has 0 aromatic heterocycles. The van der Waals surface area contributed by atoms with Crippen molar-refractivity contribution in [2.45, 2.75) is 19.9 Å². The van der Waals surface area contributed by atoms with E-state index in [0.717, 1.165) is 6.54 Å². The maximum atomic E-state index is 10.3. The van der Waals surface area contributed by atoms with E-state index in [-0.39, 0.29) is 11.5 Å². The van der Waals surface area contributed by atoms with Crippen LogP contribution in [0.4, 0.5) is 0 Å². The zero-order chi connectivity index (χ0) is 7.07. The van der Waals surface area contributed by atoms with Crippen LogP contribution in [0.1, 0.15) is 13.8 Å². The van der Waals surface area contributed by atoms with E-state index in [0.29, 0.717) is 0 Å². The Balaban J connectivity index is 2.55. The molecule has 0 saturated carbocycles. The van der Waals surface area contributed by atoms with Gasteiger partial charge < -0.3 is 10.4 Å². The van der Waals surface area contributed by atoms with Crippen LogP contribution in [0.2, 0.25) is 0 Å². The summed E-state index contributed by atoms with van der Waals surface area (Å²) >= 11 is 0. The third kappa shape index (κ3) is 0.920. The predicted octanol–water partition coefficient (Wildman–Crippen LogP) is 0.0690. The maximum Gasteiger partial charge on any atom is 0.321 e. The molecule has 1 atom stereocenters. The van der Waals surface area contributed by atoms with E-state index < -0.39 is 5.97 Å². The Morgan fingerprint density at radius 3 is 2.33 bits per heavy atom. The van der Waals surface area contributed by atoms with Crippen LogP contribution in [0, 0.1) is 5.41 Å². The molecule has 1 saturated heterocycles. The van der Waals surface area contributed by atoms with Crippen LogP contribution in [-0.2, 0) is 4.79 Å². The number of aliphatic carboxylic acids is 1. The zero-order valence-electron chi connectivity index (χ0n) is 5.64. The summed E-state index contributed by atoms with van der Waals surface area (Å²) in [5, 5.41) is 11.3. The monoisotopic (exact) mass is 129 g/mol. The first-order valence-electron chi connectivity index (χ1n) is 3.00. The van der Waals surface area contributed by atoms with Crippen LogP contribution in [0.15, 0.2) is 0 Å². The second kappa shape index (κ2) is 1.70. The summed E-state index contributed by atoms with van der Waals surface area (Å²) in [6, 6.07) is -0.336. The van der Waals surface area contributed by atoms with E-state index >= 15 is 0 Å². The molecule has 0 aliphatic carbocycles. The number of hydrogen-bond donors (Lipinski definition) is 2. The van der Waals surface area contributed by atoms with E-state index in [4.69, 9.17) is 5.11 Å². The molecule has 1 heterocycles. The molecule has 0 bridgehead atoms. The SMILES string of the molecule is CC1(C)CN[C@H]1C(=O)O. The summed E-state index contributed by atoms with van der Waals surface area (Å²) < 4.78 is 0. The molecule has 2 N–H and O–H groups in total. The summed E-state index contributed by atoms with van der Waals surface area (Å²) in [5.41, 5.74) is -0.0498. The van der Waals surface area contributed by atoms with Crippen LogP contribution in [0.3, 0.4) is 0 Å². The highest BCUT2D eigenvalue weighted by molar-refractivity contribution is 5.75. The number of nitrogens with one attached hydrogen (secondary N) is 1. The lowest BCUT2D eigenvalue weighted by Gasteiger charge is -2.42. The number of carboxylic acid groups (broad SMARTS) is 1. The number of hydrogen-bond acceptors (Lipinski definition) is 2. The van der Waals surface area contributed by atoms with Gasteiger partial charge in [-0.05, 0) is 0 Å². The van der Waals surface area contributed by atoms with Crippen LogP contribution in [-0.4, -0.2) is 23.7 Å². The van der Waals surface area contributed by atoms with Gasteiger partial charge in [0.2, 0.25) is 0 Å². The van der Waals surface area contributed by atoms with Crippen LogP contribution in [0.25, 0.3) is 0 Å². The van der Waals surface area contributed by atoms with Crippen molar-refractivity contribution >= 4 is 5.97 Å². The first-order valence-corrected chi connectivity index (χ1v) is 3.00. The summed E-state index contributed by atoms with van der Waals surface area (Å²) in [7, 11) is 0. The van der Waals surface area contributed by atoms with E-state index in [1.165, 1.54) is 0 Å². The van der Waals surface area contributed by atoms with Gasteiger partial charge in [-0.2, -0.15) is 0 Å². The summed E-state index contributed by atoms with van der Waals surface area (Å²) in [4.78, 5) is 10.3. The highest BCUT2D eigenvalue weighted by Gasteiger charge is 2.42. The third-order valence-electron chi connectivity index (χ3n) is 1.79. The number of carboxylic acids is 1. The quantitative estimate of drug-likeness (QED) is 0.526. The minimum Gasteiger partial charge on any atom is -0.480 e. The zero-order valence-corrected chi connectivity index (χ0v) is 5.64. The molecule has 1 aliphatic heterocycles. The molecule has 1 rings (SSSR count). The van der Waals surface area contributed by atoms with Gasteiger partial charge in [0, 0.05) is 12.0 Å². The Morgan fingerprint density at radius 2 is 2.33 bits per heavy atom. The fourth-order valence-corrected chi connectivity index (χ4v) is 1.03. The minimum absolute atomic E-state index is 0.0498. The average molecular weight is 129 g/mol. The predicted molar refractivity (Wildman–Crippen MR) is 33.2 cm³/mol. The van der Waals surface area contributed by atoms with Crippen molar-refractivity contribution in [2.24, 2.45) is 5.41 Å². The number of carbonyl (C=O) groups is 1. The third-order valence-corrected chi connectivity index (χ3v) is 1.79. The van der Waals surface area contributed by atoms with Gasteiger partial charge in [-0.25, -0.2) is 0 Å². The Labute approximate surface area is 54.1 Å². The first-order chi connectivity index (χ1) is 4.04. The van der Waals surface area contributed by atoms with Crippen molar-refractivity contribution < 1.29 is 9.90 Å². The van der Waals surface area contributed by atoms with Gasteiger partial charge in [0.1, 0.15) is 6.04 Å². The molecule has 3 heteroatoms. The largest absolute Gasteiger partial charge is 0.480 e. The van der Waals surface area contributed by atoms with Gasteiger partial charge in [-0.1, -0.05) is 13.8 Å².